The van der Waals surface area contributed by atoms with Gasteiger partial charge in [0.05, 0.1) is 12.7 Å². The van der Waals surface area contributed by atoms with Crippen LogP contribution >= 0.6 is 0 Å². The van der Waals surface area contributed by atoms with E-state index in [9.17, 15) is 22.8 Å². The Kier molecular flexibility index (Phi) is 5.48. The number of amides is 2. The summed E-state index contributed by atoms with van der Waals surface area (Å²) >= 11 is 0. The summed E-state index contributed by atoms with van der Waals surface area (Å²) in [6, 6.07) is 4.70. The molecule has 0 spiro atoms. The first kappa shape index (κ1) is 19.3. The van der Waals surface area contributed by atoms with E-state index in [1.807, 2.05) is 4.90 Å². The third-order valence-corrected chi connectivity index (χ3v) is 5.08. The normalized spacial score (nSPS) is 20.7. The number of hydrogen-bond donors (Lipinski definition) is 0. The molecule has 9 heteroatoms. The number of likely N-dealkylation sites (tertiary alicyclic amines) is 1. The summed E-state index contributed by atoms with van der Waals surface area (Å²) in [5.74, 6) is -0.124. The maximum atomic E-state index is 12.9. The van der Waals surface area contributed by atoms with Gasteiger partial charge in [-0.1, -0.05) is 6.07 Å². The van der Waals surface area contributed by atoms with Gasteiger partial charge < -0.3 is 14.5 Å². The molecule has 0 N–H and O–H groups in total. The van der Waals surface area contributed by atoms with Crippen molar-refractivity contribution in [2.75, 3.05) is 44.7 Å². The molecule has 2 fully saturated rings. The number of rotatable bonds is 2. The van der Waals surface area contributed by atoms with Crippen LogP contribution in [0.15, 0.2) is 24.3 Å². The lowest BCUT2D eigenvalue weighted by Crippen LogP contribution is -2.54. The van der Waals surface area contributed by atoms with Crippen molar-refractivity contribution in [1.29, 1.82) is 0 Å². The Morgan fingerprint density at radius 3 is 2.44 bits per heavy atom. The van der Waals surface area contributed by atoms with Crippen LogP contribution in [0.1, 0.15) is 18.4 Å². The van der Waals surface area contributed by atoms with Crippen molar-refractivity contribution in [2.45, 2.75) is 25.1 Å². The molecule has 1 unspecified atom stereocenters. The molecule has 148 valence electrons. The molecular formula is C18H22F3N3O3. The van der Waals surface area contributed by atoms with Crippen LogP contribution in [0.5, 0.6) is 0 Å². The van der Waals surface area contributed by atoms with Crippen LogP contribution in [0.25, 0.3) is 0 Å². The molecule has 2 amide bonds. The van der Waals surface area contributed by atoms with E-state index in [1.165, 1.54) is 18.1 Å². The number of hydrogen-bond acceptors (Lipinski definition) is 4. The molecular weight excluding hydrogens is 363 g/mol. The van der Waals surface area contributed by atoms with Crippen LogP contribution in [0, 0.1) is 0 Å². The molecule has 6 nitrogen and oxygen atoms in total. The smallest absolute Gasteiger partial charge is 0.416 e. The van der Waals surface area contributed by atoms with Gasteiger partial charge in [0, 0.05) is 38.4 Å². The van der Waals surface area contributed by atoms with E-state index in [0.29, 0.717) is 44.8 Å². The van der Waals surface area contributed by atoms with Crippen molar-refractivity contribution in [3.8, 4) is 0 Å². The van der Waals surface area contributed by atoms with Gasteiger partial charge in [-0.3, -0.25) is 9.69 Å². The third-order valence-electron chi connectivity index (χ3n) is 5.08. The average molecular weight is 385 g/mol. The molecule has 0 aliphatic carbocycles. The minimum absolute atomic E-state index is 0.124. The van der Waals surface area contributed by atoms with Gasteiger partial charge in [-0.25, -0.2) is 4.79 Å². The van der Waals surface area contributed by atoms with Gasteiger partial charge >= 0.3 is 12.3 Å². The molecule has 0 saturated carbocycles. The second kappa shape index (κ2) is 7.66. The fraction of sp³-hybridized carbons (Fsp3) is 0.556. The summed E-state index contributed by atoms with van der Waals surface area (Å²) in [4.78, 5) is 29.5. The standard InChI is InChI=1S/C18H22F3N3O3/c1-27-17(26)24-7-3-6-15(24)16(25)23-10-8-22(9-11-23)14-5-2-4-13(12-14)18(19,20)21/h2,4-5,12,15H,3,6-11H2,1H3. The summed E-state index contributed by atoms with van der Waals surface area (Å²) in [7, 11) is 1.29. The highest BCUT2D eigenvalue weighted by molar-refractivity contribution is 5.86. The zero-order valence-corrected chi connectivity index (χ0v) is 15.0. The van der Waals surface area contributed by atoms with Gasteiger partial charge in [0.25, 0.3) is 0 Å². The second-order valence-electron chi connectivity index (χ2n) is 6.68. The Bertz CT molecular complexity index is 703. The fourth-order valence-corrected chi connectivity index (χ4v) is 3.63. The summed E-state index contributed by atoms with van der Waals surface area (Å²) in [5, 5.41) is 0. The number of ether oxygens (including phenoxy) is 1. The van der Waals surface area contributed by atoms with Crippen molar-refractivity contribution in [3.05, 3.63) is 29.8 Å². The maximum Gasteiger partial charge on any atom is 0.416 e. The zero-order valence-electron chi connectivity index (χ0n) is 15.0. The molecule has 2 saturated heterocycles. The Morgan fingerprint density at radius 1 is 1.11 bits per heavy atom. The number of nitrogens with zero attached hydrogens (tertiary/aromatic N) is 3. The zero-order chi connectivity index (χ0) is 19.6. The van der Waals surface area contributed by atoms with Gasteiger partial charge in [-0.2, -0.15) is 13.2 Å². The lowest BCUT2D eigenvalue weighted by Gasteiger charge is -2.38. The SMILES string of the molecule is COC(=O)N1CCCC1C(=O)N1CCN(c2cccc(C(F)(F)F)c2)CC1. The average Bonchev–Trinajstić information content (AvgIpc) is 3.16. The number of benzene rings is 1. The summed E-state index contributed by atoms with van der Waals surface area (Å²) in [6.07, 6.45) is -3.54. The van der Waals surface area contributed by atoms with Crippen LogP contribution in [0.3, 0.4) is 0 Å². The predicted molar refractivity (Wildman–Crippen MR) is 92.4 cm³/mol. The number of carbonyl (C=O) groups excluding carboxylic acids is 2. The van der Waals surface area contributed by atoms with E-state index in [-0.39, 0.29) is 5.91 Å². The number of piperazine rings is 1. The van der Waals surface area contributed by atoms with E-state index >= 15 is 0 Å². The van der Waals surface area contributed by atoms with Crippen LogP contribution in [0.4, 0.5) is 23.7 Å². The number of carbonyl (C=O) groups is 2. The quantitative estimate of drug-likeness (QED) is 0.785. The predicted octanol–water partition coefficient (Wildman–Crippen LogP) is 2.58. The number of methoxy groups -OCH3 is 1. The van der Waals surface area contributed by atoms with Crippen molar-refractivity contribution in [3.63, 3.8) is 0 Å². The fourth-order valence-electron chi connectivity index (χ4n) is 3.63. The third kappa shape index (κ3) is 4.12. The number of alkyl halides is 3. The Hall–Kier alpha value is -2.45. The highest BCUT2D eigenvalue weighted by atomic mass is 19.4. The second-order valence-corrected chi connectivity index (χ2v) is 6.68. The highest BCUT2D eigenvalue weighted by Gasteiger charge is 2.38. The van der Waals surface area contributed by atoms with Gasteiger partial charge in [0.15, 0.2) is 0 Å². The van der Waals surface area contributed by atoms with Crippen molar-refractivity contribution in [1.82, 2.24) is 9.80 Å². The minimum atomic E-state index is -4.38. The highest BCUT2D eigenvalue weighted by Crippen LogP contribution is 2.32. The van der Waals surface area contributed by atoms with Crippen LogP contribution < -0.4 is 4.90 Å². The van der Waals surface area contributed by atoms with Gasteiger partial charge in [-0.15, -0.1) is 0 Å². The Labute approximate surface area is 155 Å². The summed E-state index contributed by atoms with van der Waals surface area (Å²) in [5.41, 5.74) is -0.188. The van der Waals surface area contributed by atoms with Gasteiger partial charge in [-0.05, 0) is 31.0 Å². The van der Waals surface area contributed by atoms with Crippen molar-refractivity contribution >= 4 is 17.7 Å². The Morgan fingerprint density at radius 2 is 1.81 bits per heavy atom. The molecule has 1 aromatic rings. The molecule has 2 aliphatic rings. The molecule has 1 aromatic carbocycles. The van der Waals surface area contributed by atoms with Crippen LogP contribution in [-0.2, 0) is 15.7 Å². The van der Waals surface area contributed by atoms with Crippen molar-refractivity contribution < 1.29 is 27.5 Å². The first-order chi connectivity index (χ1) is 12.8. The van der Waals surface area contributed by atoms with E-state index in [1.54, 1.807) is 11.0 Å². The number of anilines is 1. The first-order valence-electron chi connectivity index (χ1n) is 8.87. The lowest BCUT2D eigenvalue weighted by atomic mass is 10.1. The van der Waals surface area contributed by atoms with Gasteiger partial charge in [0.1, 0.15) is 6.04 Å². The summed E-state index contributed by atoms with van der Waals surface area (Å²) in [6.45, 7) is 2.18. The first-order valence-corrected chi connectivity index (χ1v) is 8.87. The van der Waals surface area contributed by atoms with E-state index in [0.717, 1.165) is 18.6 Å². The molecule has 27 heavy (non-hydrogen) atoms. The minimum Gasteiger partial charge on any atom is -0.453 e. The Balaban J connectivity index is 1.62. The molecule has 0 aromatic heterocycles. The van der Waals surface area contributed by atoms with Crippen LogP contribution in [0.2, 0.25) is 0 Å². The summed E-state index contributed by atoms with van der Waals surface area (Å²) < 4.78 is 43.4. The number of halogens is 3. The van der Waals surface area contributed by atoms with E-state index in [2.05, 4.69) is 0 Å². The maximum absolute atomic E-state index is 12.9. The molecule has 3 rings (SSSR count). The topological polar surface area (TPSA) is 53.1 Å². The molecule has 0 bridgehead atoms. The molecule has 2 aliphatic heterocycles. The van der Waals surface area contributed by atoms with Crippen molar-refractivity contribution in [2.24, 2.45) is 0 Å². The van der Waals surface area contributed by atoms with E-state index < -0.39 is 23.9 Å². The van der Waals surface area contributed by atoms with E-state index in [4.69, 9.17) is 4.74 Å². The molecule has 1 atom stereocenters. The molecule has 2 heterocycles. The monoisotopic (exact) mass is 385 g/mol. The largest absolute Gasteiger partial charge is 0.453 e. The van der Waals surface area contributed by atoms with Crippen LogP contribution in [-0.4, -0.2) is 67.7 Å². The van der Waals surface area contributed by atoms with Gasteiger partial charge in [0.2, 0.25) is 5.91 Å². The lowest BCUT2D eigenvalue weighted by molar-refractivity contribution is -0.137. The molecule has 0 radical (unpaired) electrons.